The highest BCUT2D eigenvalue weighted by Crippen LogP contribution is 2.23. The fourth-order valence-corrected chi connectivity index (χ4v) is 3.10. The first-order valence-electron chi connectivity index (χ1n) is 8.27. The maximum atomic E-state index is 14.0. The lowest BCUT2D eigenvalue weighted by Gasteiger charge is -2.31. The third-order valence-electron chi connectivity index (χ3n) is 4.44. The van der Waals surface area contributed by atoms with Crippen molar-refractivity contribution in [2.45, 2.75) is 71.1 Å². The van der Waals surface area contributed by atoms with Crippen molar-refractivity contribution >= 4 is 0 Å². The topological polar surface area (TPSA) is 15.3 Å². The fraction of sp³-hybridized carbons (Fsp3) is 0.667. The lowest BCUT2D eigenvalue weighted by atomic mass is 9.94. The molecule has 1 aromatic rings. The Kier molecular flexibility index (Phi) is 6.19. The van der Waals surface area contributed by atoms with Gasteiger partial charge >= 0.3 is 0 Å². The monoisotopic (exact) mass is 292 g/mol. The van der Waals surface area contributed by atoms with Crippen LogP contribution >= 0.6 is 0 Å². The standard InChI is InChI=1S/C18H29FN2/c1-14(2)20-12-15-9-10-18(19)16(11-15)13-21(3)17-7-5-4-6-8-17/h9-11,14,17,20H,4-8,12-13H2,1-3H3. The molecule has 1 fully saturated rings. The Morgan fingerprint density at radius 2 is 1.95 bits per heavy atom. The molecule has 3 heteroatoms. The zero-order valence-corrected chi connectivity index (χ0v) is 13.7. The van der Waals surface area contributed by atoms with Gasteiger partial charge in [0.2, 0.25) is 0 Å². The lowest BCUT2D eigenvalue weighted by Crippen LogP contribution is -2.33. The molecule has 0 spiro atoms. The first-order chi connectivity index (χ1) is 10.1. The van der Waals surface area contributed by atoms with Crippen LogP contribution in [0.25, 0.3) is 0 Å². The van der Waals surface area contributed by atoms with E-state index in [1.807, 2.05) is 12.1 Å². The van der Waals surface area contributed by atoms with E-state index in [0.717, 1.165) is 17.7 Å². The van der Waals surface area contributed by atoms with E-state index < -0.39 is 0 Å². The second-order valence-corrected chi connectivity index (χ2v) is 6.67. The van der Waals surface area contributed by atoms with E-state index in [9.17, 15) is 4.39 Å². The van der Waals surface area contributed by atoms with Crippen LogP contribution in [0, 0.1) is 5.82 Å². The van der Waals surface area contributed by atoms with E-state index in [-0.39, 0.29) is 5.82 Å². The molecule has 2 rings (SSSR count). The number of nitrogens with one attached hydrogen (secondary N) is 1. The average molecular weight is 292 g/mol. The summed E-state index contributed by atoms with van der Waals surface area (Å²) in [5.74, 6) is -0.0778. The normalized spacial score (nSPS) is 16.9. The summed E-state index contributed by atoms with van der Waals surface area (Å²) in [4.78, 5) is 2.33. The Morgan fingerprint density at radius 3 is 2.62 bits per heavy atom. The van der Waals surface area contributed by atoms with E-state index >= 15 is 0 Å². The van der Waals surface area contributed by atoms with Crippen molar-refractivity contribution in [3.63, 3.8) is 0 Å². The number of nitrogens with zero attached hydrogens (tertiary/aromatic N) is 1. The Balaban J connectivity index is 1.98. The fourth-order valence-electron chi connectivity index (χ4n) is 3.10. The molecule has 0 saturated heterocycles. The molecular formula is C18H29FN2. The van der Waals surface area contributed by atoms with Gasteiger partial charge in [0.15, 0.2) is 0 Å². The van der Waals surface area contributed by atoms with Crippen LogP contribution < -0.4 is 5.32 Å². The maximum absolute atomic E-state index is 14.0. The number of benzene rings is 1. The molecule has 21 heavy (non-hydrogen) atoms. The molecule has 1 aromatic carbocycles. The van der Waals surface area contributed by atoms with Gasteiger partial charge in [-0.1, -0.05) is 45.2 Å². The summed E-state index contributed by atoms with van der Waals surface area (Å²) in [6.45, 7) is 5.77. The van der Waals surface area contributed by atoms with Crippen molar-refractivity contribution in [1.82, 2.24) is 10.2 Å². The van der Waals surface area contributed by atoms with Gasteiger partial charge in [0.05, 0.1) is 0 Å². The van der Waals surface area contributed by atoms with E-state index in [4.69, 9.17) is 0 Å². The largest absolute Gasteiger partial charge is 0.310 e. The Labute approximate surface area is 128 Å². The summed E-state index contributed by atoms with van der Waals surface area (Å²) >= 11 is 0. The first-order valence-corrected chi connectivity index (χ1v) is 8.27. The second-order valence-electron chi connectivity index (χ2n) is 6.67. The number of hydrogen-bond acceptors (Lipinski definition) is 2. The van der Waals surface area contributed by atoms with Gasteiger partial charge in [0.1, 0.15) is 5.82 Å². The molecular weight excluding hydrogens is 263 g/mol. The molecule has 1 aliphatic rings. The summed E-state index contributed by atoms with van der Waals surface area (Å²) in [5, 5.41) is 3.39. The molecule has 1 N–H and O–H groups in total. The van der Waals surface area contributed by atoms with Gasteiger partial charge in [-0.15, -0.1) is 0 Å². The molecule has 118 valence electrons. The molecule has 0 aliphatic heterocycles. The number of rotatable bonds is 6. The summed E-state index contributed by atoms with van der Waals surface area (Å²) in [5.41, 5.74) is 1.99. The van der Waals surface area contributed by atoms with E-state index in [1.165, 1.54) is 32.1 Å². The van der Waals surface area contributed by atoms with Gasteiger partial charge in [-0.3, -0.25) is 4.90 Å². The molecule has 0 atom stereocenters. The summed E-state index contributed by atoms with van der Waals surface area (Å²) in [7, 11) is 2.13. The molecule has 0 heterocycles. The van der Waals surface area contributed by atoms with Crippen molar-refractivity contribution in [1.29, 1.82) is 0 Å². The maximum Gasteiger partial charge on any atom is 0.127 e. The molecule has 1 saturated carbocycles. The third kappa shape index (κ3) is 5.08. The Morgan fingerprint density at radius 1 is 1.24 bits per heavy atom. The van der Waals surface area contributed by atoms with Crippen molar-refractivity contribution in [3.8, 4) is 0 Å². The van der Waals surface area contributed by atoms with Gasteiger partial charge in [0.25, 0.3) is 0 Å². The molecule has 0 bridgehead atoms. The van der Waals surface area contributed by atoms with Crippen molar-refractivity contribution in [2.75, 3.05) is 7.05 Å². The molecule has 1 aliphatic carbocycles. The lowest BCUT2D eigenvalue weighted by molar-refractivity contribution is 0.182. The molecule has 0 aromatic heterocycles. The summed E-state index contributed by atoms with van der Waals surface area (Å²) in [6.07, 6.45) is 6.50. The number of halogens is 1. The zero-order valence-electron chi connectivity index (χ0n) is 13.7. The SMILES string of the molecule is CC(C)NCc1ccc(F)c(CN(C)C2CCCCC2)c1. The molecule has 2 nitrogen and oxygen atoms in total. The predicted molar refractivity (Wildman–Crippen MR) is 86.7 cm³/mol. The van der Waals surface area contributed by atoms with Crippen LogP contribution in [-0.4, -0.2) is 24.0 Å². The van der Waals surface area contributed by atoms with Gasteiger partial charge < -0.3 is 5.32 Å². The van der Waals surface area contributed by atoms with Crippen LogP contribution in [0.2, 0.25) is 0 Å². The highest BCUT2D eigenvalue weighted by atomic mass is 19.1. The highest BCUT2D eigenvalue weighted by Gasteiger charge is 2.19. The quantitative estimate of drug-likeness (QED) is 0.849. The highest BCUT2D eigenvalue weighted by molar-refractivity contribution is 5.25. The van der Waals surface area contributed by atoms with Crippen LogP contribution in [0.1, 0.15) is 57.1 Å². The number of hydrogen-bond donors (Lipinski definition) is 1. The Bertz CT molecular complexity index is 439. The van der Waals surface area contributed by atoms with Crippen LogP contribution in [0.5, 0.6) is 0 Å². The van der Waals surface area contributed by atoms with Gasteiger partial charge in [-0.25, -0.2) is 4.39 Å². The summed E-state index contributed by atoms with van der Waals surface area (Å²) < 4.78 is 14.0. The van der Waals surface area contributed by atoms with Crippen molar-refractivity contribution in [2.24, 2.45) is 0 Å². The van der Waals surface area contributed by atoms with E-state index in [2.05, 4.69) is 31.1 Å². The average Bonchev–Trinajstić information content (AvgIpc) is 2.48. The van der Waals surface area contributed by atoms with Crippen LogP contribution in [0.4, 0.5) is 4.39 Å². The predicted octanol–water partition coefficient (Wildman–Crippen LogP) is 4.09. The molecule has 0 unspecified atom stereocenters. The Hall–Kier alpha value is -0.930. The third-order valence-corrected chi connectivity index (χ3v) is 4.44. The van der Waals surface area contributed by atoms with Crippen LogP contribution in [0.15, 0.2) is 18.2 Å². The van der Waals surface area contributed by atoms with Gasteiger partial charge in [0, 0.05) is 30.7 Å². The van der Waals surface area contributed by atoms with Crippen molar-refractivity contribution < 1.29 is 4.39 Å². The van der Waals surface area contributed by atoms with E-state index in [0.29, 0.717) is 18.6 Å². The van der Waals surface area contributed by atoms with Crippen molar-refractivity contribution in [3.05, 3.63) is 35.1 Å². The smallest absolute Gasteiger partial charge is 0.127 e. The van der Waals surface area contributed by atoms with Crippen LogP contribution in [-0.2, 0) is 13.1 Å². The van der Waals surface area contributed by atoms with Gasteiger partial charge in [-0.2, -0.15) is 0 Å². The van der Waals surface area contributed by atoms with Gasteiger partial charge in [-0.05, 0) is 31.5 Å². The second kappa shape index (κ2) is 7.90. The summed E-state index contributed by atoms with van der Waals surface area (Å²) in [6, 6.07) is 6.58. The first kappa shape index (κ1) is 16.4. The van der Waals surface area contributed by atoms with E-state index in [1.54, 1.807) is 6.07 Å². The minimum Gasteiger partial charge on any atom is -0.310 e. The molecule has 0 amide bonds. The molecule has 0 radical (unpaired) electrons. The zero-order chi connectivity index (χ0) is 15.2. The minimum absolute atomic E-state index is 0.0778. The van der Waals surface area contributed by atoms with Crippen LogP contribution in [0.3, 0.4) is 0 Å². The minimum atomic E-state index is -0.0778.